The highest BCUT2D eigenvalue weighted by atomic mass is 32.1. The molecule has 0 unspecified atom stereocenters. The van der Waals surface area contributed by atoms with Gasteiger partial charge in [-0.15, -0.1) is 10.2 Å². The largest absolute Gasteiger partial charge is 0.493 e. The SMILES string of the molecule is CN(C)c1ccc(/C=N\NC(=S)N=Nc2c(O)[nH]c3ccccc23)cc1. The molecule has 1 heterocycles. The van der Waals surface area contributed by atoms with E-state index in [0.717, 1.165) is 22.2 Å². The molecule has 3 aromatic rings. The van der Waals surface area contributed by atoms with Crippen LogP contribution in [0.1, 0.15) is 5.56 Å². The summed E-state index contributed by atoms with van der Waals surface area (Å²) in [5.74, 6) is -0.0535. The van der Waals surface area contributed by atoms with E-state index in [1.54, 1.807) is 6.21 Å². The van der Waals surface area contributed by atoms with Gasteiger partial charge in [0.15, 0.2) is 5.69 Å². The van der Waals surface area contributed by atoms with Gasteiger partial charge >= 0.3 is 0 Å². The van der Waals surface area contributed by atoms with Crippen molar-refractivity contribution in [2.45, 2.75) is 0 Å². The summed E-state index contributed by atoms with van der Waals surface area (Å²) in [5.41, 5.74) is 5.79. The Morgan fingerprint density at radius 3 is 2.62 bits per heavy atom. The predicted molar refractivity (Wildman–Crippen MR) is 109 cm³/mol. The molecule has 0 saturated heterocycles. The van der Waals surface area contributed by atoms with E-state index in [2.05, 4.69) is 25.7 Å². The normalized spacial score (nSPS) is 11.5. The Bertz CT molecular complexity index is 975. The number of aromatic nitrogens is 1. The Morgan fingerprint density at radius 2 is 1.88 bits per heavy atom. The van der Waals surface area contributed by atoms with Crippen molar-refractivity contribution in [1.82, 2.24) is 10.4 Å². The van der Waals surface area contributed by atoms with Gasteiger partial charge in [-0.2, -0.15) is 5.10 Å². The third-order valence-corrected chi connectivity index (χ3v) is 3.86. The van der Waals surface area contributed by atoms with Crippen LogP contribution in [-0.2, 0) is 0 Å². The second-order valence-electron chi connectivity index (χ2n) is 5.73. The molecule has 0 radical (unpaired) electrons. The van der Waals surface area contributed by atoms with Gasteiger partial charge in [-0.3, -0.25) is 5.43 Å². The first-order valence-corrected chi connectivity index (χ1v) is 8.27. The smallest absolute Gasteiger partial charge is 0.234 e. The van der Waals surface area contributed by atoms with E-state index in [1.165, 1.54) is 0 Å². The summed E-state index contributed by atoms with van der Waals surface area (Å²) < 4.78 is 0. The highest BCUT2D eigenvalue weighted by Gasteiger charge is 2.09. The molecule has 0 amide bonds. The highest BCUT2D eigenvalue weighted by Crippen LogP contribution is 2.35. The Kier molecular flexibility index (Phi) is 5.23. The molecule has 0 bridgehead atoms. The Labute approximate surface area is 156 Å². The van der Waals surface area contributed by atoms with Crippen molar-refractivity contribution in [2.24, 2.45) is 15.3 Å². The molecule has 0 aliphatic carbocycles. The van der Waals surface area contributed by atoms with Crippen molar-refractivity contribution < 1.29 is 5.11 Å². The number of hydrogen-bond donors (Lipinski definition) is 3. The third kappa shape index (κ3) is 4.04. The first kappa shape index (κ1) is 17.6. The van der Waals surface area contributed by atoms with Gasteiger partial charge in [-0.25, -0.2) is 0 Å². The first-order valence-electron chi connectivity index (χ1n) is 7.86. The van der Waals surface area contributed by atoms with Crippen LogP contribution in [-0.4, -0.2) is 35.5 Å². The number of azo groups is 1. The number of anilines is 1. The summed E-state index contributed by atoms with van der Waals surface area (Å²) in [5, 5.41) is 22.7. The second-order valence-corrected chi connectivity index (χ2v) is 6.12. The molecule has 0 saturated carbocycles. The number of aromatic amines is 1. The molecule has 2 aromatic carbocycles. The maximum atomic E-state index is 9.93. The molecule has 1 aromatic heterocycles. The molecule has 0 aliphatic heterocycles. The minimum Gasteiger partial charge on any atom is -0.493 e. The number of thiocarbonyl (C=S) groups is 1. The molecule has 8 heteroatoms. The van der Waals surface area contributed by atoms with Crippen LogP contribution in [0.5, 0.6) is 5.88 Å². The van der Waals surface area contributed by atoms with Crippen molar-refractivity contribution in [2.75, 3.05) is 19.0 Å². The van der Waals surface area contributed by atoms with Crippen molar-refractivity contribution in [1.29, 1.82) is 0 Å². The van der Waals surface area contributed by atoms with Crippen LogP contribution >= 0.6 is 12.2 Å². The van der Waals surface area contributed by atoms with E-state index < -0.39 is 0 Å². The van der Waals surface area contributed by atoms with Gasteiger partial charge in [-0.1, -0.05) is 30.3 Å². The van der Waals surface area contributed by atoms with Crippen LogP contribution in [0.2, 0.25) is 0 Å². The third-order valence-electron chi connectivity index (χ3n) is 3.68. The molecule has 26 heavy (non-hydrogen) atoms. The minimum absolute atomic E-state index is 0.0535. The van der Waals surface area contributed by atoms with Gasteiger partial charge in [0.25, 0.3) is 0 Å². The lowest BCUT2D eigenvalue weighted by Gasteiger charge is -2.11. The van der Waals surface area contributed by atoms with Crippen molar-refractivity contribution in [3.05, 3.63) is 54.1 Å². The van der Waals surface area contributed by atoms with Crippen LogP contribution in [0.25, 0.3) is 10.9 Å². The standard InChI is InChI=1S/C18H18N6OS/c1-24(2)13-9-7-12(8-10-13)11-19-22-18(26)23-21-16-14-5-3-4-6-15(14)20-17(16)25/h3-11,20,25H,1-2H3,(H,22,26)/b19-11-,23-21?. The molecule has 7 nitrogen and oxygen atoms in total. The van der Waals surface area contributed by atoms with Crippen LogP contribution in [0.15, 0.2) is 63.9 Å². The topological polar surface area (TPSA) is 88.4 Å². The van der Waals surface area contributed by atoms with E-state index in [-0.39, 0.29) is 11.0 Å². The van der Waals surface area contributed by atoms with Gasteiger partial charge in [0, 0.05) is 25.2 Å². The predicted octanol–water partition coefficient (Wildman–Crippen LogP) is 3.93. The van der Waals surface area contributed by atoms with Crippen LogP contribution in [0, 0.1) is 0 Å². The van der Waals surface area contributed by atoms with E-state index in [1.807, 2.05) is 67.5 Å². The number of hydrazone groups is 1. The molecule has 132 valence electrons. The molecule has 0 aliphatic rings. The lowest BCUT2D eigenvalue weighted by Crippen LogP contribution is -2.11. The van der Waals surface area contributed by atoms with E-state index in [4.69, 9.17) is 12.2 Å². The quantitative estimate of drug-likeness (QED) is 0.282. The van der Waals surface area contributed by atoms with Gasteiger partial charge in [0.2, 0.25) is 11.0 Å². The summed E-state index contributed by atoms with van der Waals surface area (Å²) in [6.45, 7) is 0. The summed E-state index contributed by atoms with van der Waals surface area (Å²) in [7, 11) is 3.97. The fourth-order valence-electron chi connectivity index (χ4n) is 2.35. The monoisotopic (exact) mass is 366 g/mol. The minimum atomic E-state index is -0.0535. The zero-order valence-electron chi connectivity index (χ0n) is 14.3. The Hall–Kier alpha value is -3.26. The number of nitrogens with zero attached hydrogens (tertiary/aromatic N) is 4. The molecular weight excluding hydrogens is 348 g/mol. The second kappa shape index (κ2) is 7.75. The van der Waals surface area contributed by atoms with E-state index >= 15 is 0 Å². The number of benzene rings is 2. The highest BCUT2D eigenvalue weighted by molar-refractivity contribution is 7.80. The van der Waals surface area contributed by atoms with Gasteiger partial charge < -0.3 is 15.0 Å². The number of aromatic hydroxyl groups is 1. The summed E-state index contributed by atoms with van der Waals surface area (Å²) in [4.78, 5) is 4.86. The molecular formula is C18H18N6OS. The molecule has 0 spiro atoms. The number of nitrogens with one attached hydrogen (secondary N) is 2. The lowest BCUT2D eigenvalue weighted by atomic mass is 10.2. The Morgan fingerprint density at radius 1 is 1.15 bits per heavy atom. The lowest BCUT2D eigenvalue weighted by molar-refractivity contribution is 0.459. The summed E-state index contributed by atoms with van der Waals surface area (Å²) >= 11 is 5.08. The fourth-order valence-corrected chi connectivity index (χ4v) is 2.45. The maximum Gasteiger partial charge on any atom is 0.234 e. The number of H-pyrrole nitrogens is 1. The van der Waals surface area contributed by atoms with E-state index in [0.29, 0.717) is 5.69 Å². The van der Waals surface area contributed by atoms with Gasteiger partial charge in [0.1, 0.15) is 0 Å². The number of para-hydroxylation sites is 1. The molecule has 3 N–H and O–H groups in total. The van der Waals surface area contributed by atoms with E-state index in [9.17, 15) is 5.11 Å². The zero-order chi connectivity index (χ0) is 18.5. The molecule has 0 fully saturated rings. The van der Waals surface area contributed by atoms with Crippen LogP contribution in [0.4, 0.5) is 11.4 Å². The number of rotatable bonds is 4. The van der Waals surface area contributed by atoms with Gasteiger partial charge in [0.05, 0.1) is 11.7 Å². The van der Waals surface area contributed by atoms with Crippen LogP contribution < -0.4 is 10.3 Å². The average Bonchev–Trinajstić information content (AvgIpc) is 2.95. The zero-order valence-corrected chi connectivity index (χ0v) is 15.2. The van der Waals surface area contributed by atoms with Gasteiger partial charge in [-0.05, 0) is 36.0 Å². The average molecular weight is 366 g/mol. The van der Waals surface area contributed by atoms with Crippen molar-refractivity contribution >= 4 is 45.8 Å². The molecule has 0 atom stereocenters. The summed E-state index contributed by atoms with van der Waals surface area (Å²) in [6.07, 6.45) is 1.64. The maximum absolute atomic E-state index is 9.93. The fraction of sp³-hybridized carbons (Fsp3) is 0.111. The van der Waals surface area contributed by atoms with Crippen molar-refractivity contribution in [3.8, 4) is 5.88 Å². The number of fused-ring (bicyclic) bond motifs is 1. The molecule has 3 rings (SSSR count). The summed E-state index contributed by atoms with van der Waals surface area (Å²) in [6, 6.07) is 15.3. The van der Waals surface area contributed by atoms with Crippen molar-refractivity contribution in [3.63, 3.8) is 0 Å². The Balaban J connectivity index is 1.63. The first-order chi connectivity index (χ1) is 12.5. The number of hydrogen-bond acceptors (Lipinski definition) is 5. The van der Waals surface area contributed by atoms with Crippen LogP contribution in [0.3, 0.4) is 0 Å².